The monoisotopic (exact) mass is 304 g/mol. The molecule has 1 N–H and O–H groups in total. The van der Waals surface area contributed by atoms with E-state index in [-0.39, 0.29) is 17.4 Å². The zero-order valence-corrected chi connectivity index (χ0v) is 11.9. The van der Waals surface area contributed by atoms with E-state index in [0.717, 1.165) is 6.26 Å². The summed E-state index contributed by atoms with van der Waals surface area (Å²) in [5, 5.41) is 15.5. The fourth-order valence-corrected chi connectivity index (χ4v) is 3.48. The molecule has 10 heteroatoms. The molecule has 104 valence electrons. The smallest absolute Gasteiger partial charge is 0.359 e. The molecule has 0 aliphatic rings. The Morgan fingerprint density at radius 2 is 2.32 bits per heavy atom. The van der Waals surface area contributed by atoms with Gasteiger partial charge in [-0.1, -0.05) is 11.3 Å². The molecule has 19 heavy (non-hydrogen) atoms. The van der Waals surface area contributed by atoms with Crippen LogP contribution in [0.25, 0.3) is 4.96 Å². The number of aromatic nitrogens is 2. The first kappa shape index (κ1) is 13.7. The highest BCUT2D eigenvalue weighted by molar-refractivity contribution is 7.90. The van der Waals surface area contributed by atoms with Gasteiger partial charge in [0.2, 0.25) is 5.82 Å². The van der Waals surface area contributed by atoms with Crippen LogP contribution in [0.15, 0.2) is 11.6 Å². The van der Waals surface area contributed by atoms with Crippen molar-refractivity contribution in [2.45, 2.75) is 13.0 Å². The van der Waals surface area contributed by atoms with Crippen molar-refractivity contribution in [1.82, 2.24) is 9.38 Å². The average Bonchev–Trinajstić information content (AvgIpc) is 2.72. The summed E-state index contributed by atoms with van der Waals surface area (Å²) in [6.07, 6.45) is 2.67. The summed E-state index contributed by atoms with van der Waals surface area (Å²) in [4.78, 5) is 15.1. The van der Waals surface area contributed by atoms with Crippen molar-refractivity contribution in [3.8, 4) is 0 Å². The van der Waals surface area contributed by atoms with Crippen molar-refractivity contribution in [1.29, 1.82) is 0 Å². The van der Waals surface area contributed by atoms with E-state index in [4.69, 9.17) is 0 Å². The fraction of sp³-hybridized carbons (Fsp3) is 0.444. The number of nitro groups is 1. The van der Waals surface area contributed by atoms with E-state index in [9.17, 15) is 18.5 Å². The number of anilines is 1. The summed E-state index contributed by atoms with van der Waals surface area (Å²) in [6, 6.07) is -0.460. The second kappa shape index (κ2) is 4.78. The summed E-state index contributed by atoms with van der Waals surface area (Å²) >= 11 is 1.27. The quantitative estimate of drug-likeness (QED) is 0.656. The molecule has 0 fully saturated rings. The molecule has 0 amide bonds. The molecule has 0 spiro atoms. The Morgan fingerprint density at radius 3 is 2.89 bits per heavy atom. The first-order valence-corrected chi connectivity index (χ1v) is 8.26. The van der Waals surface area contributed by atoms with E-state index in [1.807, 2.05) is 0 Å². The lowest BCUT2D eigenvalue weighted by Crippen LogP contribution is -2.25. The van der Waals surface area contributed by atoms with Crippen molar-refractivity contribution >= 4 is 37.8 Å². The van der Waals surface area contributed by atoms with Crippen molar-refractivity contribution in [3.63, 3.8) is 0 Å². The molecule has 8 nitrogen and oxygen atoms in total. The van der Waals surface area contributed by atoms with E-state index in [1.54, 1.807) is 18.5 Å². The second-order valence-corrected chi connectivity index (χ2v) is 7.29. The first-order chi connectivity index (χ1) is 8.78. The number of hydrogen-bond acceptors (Lipinski definition) is 7. The third-order valence-corrected chi connectivity index (χ3v) is 4.21. The minimum Gasteiger partial charge on any atom is -0.359 e. The van der Waals surface area contributed by atoms with Gasteiger partial charge in [-0.2, -0.15) is 9.38 Å². The van der Waals surface area contributed by atoms with Gasteiger partial charge in [0.1, 0.15) is 16.0 Å². The van der Waals surface area contributed by atoms with Crippen molar-refractivity contribution < 1.29 is 13.3 Å². The number of nitrogens with zero attached hydrogens (tertiary/aromatic N) is 3. The Bertz CT molecular complexity index is 718. The molecular weight excluding hydrogens is 292 g/mol. The highest BCUT2D eigenvalue weighted by atomic mass is 32.2. The third-order valence-electron chi connectivity index (χ3n) is 2.35. The molecule has 0 saturated heterocycles. The Labute approximate surface area is 113 Å². The number of thiazole rings is 1. The minimum atomic E-state index is -3.16. The lowest BCUT2D eigenvalue weighted by molar-refractivity contribution is -0.389. The minimum absolute atomic E-state index is 0.0907. The maximum atomic E-state index is 11.2. The summed E-state index contributed by atoms with van der Waals surface area (Å²) in [7, 11) is -3.16. The van der Waals surface area contributed by atoms with Crippen LogP contribution in [0.5, 0.6) is 0 Å². The summed E-state index contributed by atoms with van der Waals surface area (Å²) in [6.45, 7) is 1.64. The second-order valence-electron chi connectivity index (χ2n) is 4.23. The highest BCUT2D eigenvalue weighted by Crippen LogP contribution is 2.28. The maximum absolute atomic E-state index is 11.2. The van der Waals surface area contributed by atoms with E-state index in [1.165, 1.54) is 15.7 Å². The number of nitrogens with one attached hydrogen (secondary N) is 1. The Balaban J connectivity index is 2.32. The average molecular weight is 304 g/mol. The normalized spacial score (nSPS) is 13.6. The van der Waals surface area contributed by atoms with Crippen LogP contribution in [-0.2, 0) is 9.84 Å². The van der Waals surface area contributed by atoms with Crippen molar-refractivity contribution in [2.24, 2.45) is 0 Å². The van der Waals surface area contributed by atoms with Crippen LogP contribution in [0.3, 0.4) is 0 Å². The zero-order chi connectivity index (χ0) is 14.2. The Morgan fingerprint density at radius 1 is 1.63 bits per heavy atom. The highest BCUT2D eigenvalue weighted by Gasteiger charge is 2.25. The van der Waals surface area contributed by atoms with Crippen LogP contribution in [-0.4, -0.2) is 40.8 Å². The molecule has 0 aromatic carbocycles. The number of rotatable bonds is 5. The predicted molar refractivity (Wildman–Crippen MR) is 72.5 cm³/mol. The van der Waals surface area contributed by atoms with Crippen LogP contribution in [0.2, 0.25) is 0 Å². The van der Waals surface area contributed by atoms with Crippen LogP contribution in [0, 0.1) is 10.1 Å². The van der Waals surface area contributed by atoms with Gasteiger partial charge in [-0.25, -0.2) is 8.42 Å². The molecule has 0 saturated carbocycles. The van der Waals surface area contributed by atoms with Gasteiger partial charge >= 0.3 is 5.82 Å². The molecule has 2 aromatic rings. The van der Waals surface area contributed by atoms with Crippen LogP contribution >= 0.6 is 11.3 Å². The van der Waals surface area contributed by atoms with E-state index < -0.39 is 20.8 Å². The molecule has 2 heterocycles. The maximum Gasteiger partial charge on any atom is 0.372 e. The van der Waals surface area contributed by atoms with E-state index in [0.29, 0.717) is 4.96 Å². The number of hydrogen-bond donors (Lipinski definition) is 1. The van der Waals surface area contributed by atoms with Gasteiger partial charge in [0, 0.05) is 17.7 Å². The Kier molecular flexibility index (Phi) is 3.45. The fourth-order valence-electron chi connectivity index (χ4n) is 1.77. The van der Waals surface area contributed by atoms with Gasteiger partial charge in [-0.05, 0) is 11.8 Å². The lowest BCUT2D eigenvalue weighted by atomic mass is 10.4. The van der Waals surface area contributed by atoms with Gasteiger partial charge in [0.25, 0.3) is 4.96 Å². The molecule has 2 aromatic heterocycles. The molecule has 0 aliphatic carbocycles. The standard InChI is InChI=1S/C9H12N4O4S2/c1-6(5-19(2,16)17)10-7-8(13(14)15)12-3-4-18-9(12)11-7/h3-4,6,10H,5H2,1-2H3. The Hall–Kier alpha value is -1.68. The van der Waals surface area contributed by atoms with Crippen LogP contribution < -0.4 is 5.32 Å². The van der Waals surface area contributed by atoms with Crippen molar-refractivity contribution in [2.75, 3.05) is 17.3 Å². The topological polar surface area (TPSA) is 107 Å². The molecule has 1 unspecified atom stereocenters. The molecule has 0 bridgehead atoms. The van der Waals surface area contributed by atoms with E-state index in [2.05, 4.69) is 10.3 Å². The first-order valence-electron chi connectivity index (χ1n) is 5.32. The lowest BCUT2D eigenvalue weighted by Gasteiger charge is -2.11. The number of fused-ring (bicyclic) bond motifs is 1. The van der Waals surface area contributed by atoms with E-state index >= 15 is 0 Å². The van der Waals surface area contributed by atoms with Gasteiger partial charge in [-0.3, -0.25) is 0 Å². The molecule has 2 rings (SSSR count). The largest absolute Gasteiger partial charge is 0.372 e. The molecule has 1 atom stereocenters. The molecular formula is C9H12N4O4S2. The van der Waals surface area contributed by atoms with Crippen LogP contribution in [0.4, 0.5) is 11.6 Å². The van der Waals surface area contributed by atoms with Gasteiger partial charge in [-0.15, -0.1) is 0 Å². The SMILES string of the molecule is CC(CS(C)(=O)=O)Nc1nc2sccn2c1[N+](=O)[O-]. The summed E-state index contributed by atoms with van der Waals surface area (Å²) in [5.74, 6) is -0.209. The summed E-state index contributed by atoms with van der Waals surface area (Å²) in [5.41, 5.74) is 0. The van der Waals surface area contributed by atoms with Crippen LogP contribution in [0.1, 0.15) is 6.92 Å². The number of imidazole rings is 1. The van der Waals surface area contributed by atoms with Crippen molar-refractivity contribution in [3.05, 3.63) is 21.7 Å². The summed E-state index contributed by atoms with van der Waals surface area (Å²) < 4.78 is 23.7. The van der Waals surface area contributed by atoms with Gasteiger partial charge in [0.15, 0.2) is 0 Å². The van der Waals surface area contributed by atoms with Gasteiger partial charge < -0.3 is 15.4 Å². The number of sulfone groups is 1. The predicted octanol–water partition coefficient (Wildman–Crippen LogP) is 1.15. The third kappa shape index (κ3) is 3.01. The van der Waals surface area contributed by atoms with Gasteiger partial charge in [0.05, 0.1) is 5.75 Å². The molecule has 0 radical (unpaired) electrons. The zero-order valence-electron chi connectivity index (χ0n) is 10.2. The molecule has 0 aliphatic heterocycles.